The highest BCUT2D eigenvalue weighted by atomic mass is 19.4. The van der Waals surface area contributed by atoms with Gasteiger partial charge in [-0.3, -0.25) is 0 Å². The Labute approximate surface area is 193 Å². The van der Waals surface area contributed by atoms with Gasteiger partial charge >= 0.3 is 12.3 Å². The Bertz CT molecular complexity index is 1020. The molecular formula is C22H26F4N6O2. The molecule has 0 unspecified atom stereocenters. The van der Waals surface area contributed by atoms with Crippen LogP contribution < -0.4 is 16.0 Å². The minimum absolute atomic E-state index is 0.0199. The summed E-state index contributed by atoms with van der Waals surface area (Å²) in [7, 11) is 0. The van der Waals surface area contributed by atoms with Crippen molar-refractivity contribution < 1.29 is 27.5 Å². The molecule has 4 N–H and O–H groups in total. The average molecular weight is 482 g/mol. The van der Waals surface area contributed by atoms with E-state index in [-0.39, 0.29) is 30.8 Å². The number of carbonyl (C=O) groups is 1. The van der Waals surface area contributed by atoms with Crippen molar-refractivity contribution in [2.45, 2.75) is 50.0 Å². The molecule has 1 saturated heterocycles. The first-order valence-corrected chi connectivity index (χ1v) is 11.0. The number of hydrogen-bond acceptors (Lipinski definition) is 6. The standard InChI is InChI=1S/C22H26F4N6O2/c23-17-18(28-12-21(27)7-9-31(10-8-21)20(33)34)29-13-30-19(17)32(16-5-6-16)11-14-1-3-15(4-2-14)22(24,25)26/h1-4,13,16H,5-12,27H2,(H,33,34)(H,28,29,30). The van der Waals surface area contributed by atoms with E-state index in [1.54, 1.807) is 4.90 Å². The van der Waals surface area contributed by atoms with E-state index in [0.717, 1.165) is 25.0 Å². The number of hydrogen-bond donors (Lipinski definition) is 3. The molecule has 1 aromatic carbocycles. The number of likely N-dealkylation sites (tertiary alicyclic amines) is 1. The summed E-state index contributed by atoms with van der Waals surface area (Å²) in [6, 6.07) is 4.84. The van der Waals surface area contributed by atoms with Gasteiger partial charge in [0, 0.05) is 37.8 Å². The van der Waals surface area contributed by atoms with Crippen LogP contribution >= 0.6 is 0 Å². The summed E-state index contributed by atoms with van der Waals surface area (Å²) in [6.45, 7) is 1.01. The predicted molar refractivity (Wildman–Crippen MR) is 117 cm³/mol. The maximum atomic E-state index is 15.4. The number of nitrogens with one attached hydrogen (secondary N) is 1. The molecule has 1 saturated carbocycles. The highest BCUT2D eigenvalue weighted by Gasteiger charge is 2.35. The van der Waals surface area contributed by atoms with Gasteiger partial charge in [-0.25, -0.2) is 14.8 Å². The van der Waals surface area contributed by atoms with Gasteiger partial charge in [0.25, 0.3) is 0 Å². The molecule has 2 aliphatic rings. The molecule has 0 spiro atoms. The number of anilines is 2. The van der Waals surface area contributed by atoms with Gasteiger partial charge in [0.2, 0.25) is 5.82 Å². The number of carboxylic acid groups (broad SMARTS) is 1. The van der Waals surface area contributed by atoms with Gasteiger partial charge < -0.3 is 26.0 Å². The van der Waals surface area contributed by atoms with E-state index in [0.29, 0.717) is 31.5 Å². The van der Waals surface area contributed by atoms with Crippen LogP contribution in [0.2, 0.25) is 0 Å². The number of nitrogens with zero attached hydrogens (tertiary/aromatic N) is 4. The fourth-order valence-corrected chi connectivity index (χ4v) is 4.02. The average Bonchev–Trinajstić information content (AvgIpc) is 3.62. The Hall–Kier alpha value is -3.15. The highest BCUT2D eigenvalue weighted by molar-refractivity contribution is 5.65. The number of alkyl halides is 3. The third-order valence-corrected chi connectivity index (χ3v) is 6.30. The van der Waals surface area contributed by atoms with Gasteiger partial charge in [-0.1, -0.05) is 12.1 Å². The Balaban J connectivity index is 1.46. The second-order valence-corrected chi connectivity index (χ2v) is 8.90. The lowest BCUT2D eigenvalue weighted by molar-refractivity contribution is -0.137. The van der Waals surface area contributed by atoms with Crippen molar-refractivity contribution in [1.82, 2.24) is 14.9 Å². The number of aromatic nitrogens is 2. The number of amides is 1. The first kappa shape index (κ1) is 24.0. The maximum absolute atomic E-state index is 15.4. The fraction of sp³-hybridized carbons (Fsp3) is 0.500. The molecule has 8 nitrogen and oxygen atoms in total. The fourth-order valence-electron chi connectivity index (χ4n) is 4.02. The zero-order valence-corrected chi connectivity index (χ0v) is 18.4. The smallest absolute Gasteiger partial charge is 0.416 e. The summed E-state index contributed by atoms with van der Waals surface area (Å²) in [5.74, 6) is -0.604. The van der Waals surface area contributed by atoms with Crippen molar-refractivity contribution in [2.75, 3.05) is 29.9 Å². The predicted octanol–water partition coefficient (Wildman–Crippen LogP) is 3.69. The SMILES string of the molecule is NC1(CNc2ncnc(N(Cc3ccc(C(F)(F)F)cc3)C3CC3)c2F)CCN(C(=O)O)CC1. The Morgan fingerprint density at radius 1 is 1.21 bits per heavy atom. The molecule has 1 aromatic heterocycles. The third kappa shape index (κ3) is 5.49. The van der Waals surface area contributed by atoms with Crippen LogP contribution in [-0.2, 0) is 12.7 Å². The van der Waals surface area contributed by atoms with Crippen molar-refractivity contribution in [3.8, 4) is 0 Å². The monoisotopic (exact) mass is 482 g/mol. The molecule has 2 fully saturated rings. The quantitative estimate of drug-likeness (QED) is 0.517. The molecule has 0 bridgehead atoms. The first-order chi connectivity index (χ1) is 16.1. The van der Waals surface area contributed by atoms with Crippen LogP contribution in [-0.4, -0.2) is 57.3 Å². The molecular weight excluding hydrogens is 456 g/mol. The van der Waals surface area contributed by atoms with E-state index in [1.165, 1.54) is 23.4 Å². The summed E-state index contributed by atoms with van der Waals surface area (Å²) in [5.41, 5.74) is 5.55. The number of rotatable bonds is 7. The Morgan fingerprint density at radius 2 is 1.85 bits per heavy atom. The van der Waals surface area contributed by atoms with Gasteiger partial charge in [0.05, 0.1) is 5.56 Å². The molecule has 12 heteroatoms. The summed E-state index contributed by atoms with van der Waals surface area (Å²) in [6.07, 6.45) is -1.66. The maximum Gasteiger partial charge on any atom is 0.416 e. The Morgan fingerprint density at radius 3 is 2.41 bits per heavy atom. The normalized spacial score (nSPS) is 18.0. The second-order valence-electron chi connectivity index (χ2n) is 8.90. The van der Waals surface area contributed by atoms with Gasteiger partial charge in [0.15, 0.2) is 11.6 Å². The van der Waals surface area contributed by atoms with Crippen molar-refractivity contribution in [3.05, 3.63) is 47.5 Å². The molecule has 1 aliphatic carbocycles. The van der Waals surface area contributed by atoms with Crippen LogP contribution in [0, 0.1) is 5.82 Å². The summed E-state index contributed by atoms with van der Waals surface area (Å²) in [4.78, 5) is 22.2. The molecule has 2 aromatic rings. The molecule has 0 radical (unpaired) electrons. The van der Waals surface area contributed by atoms with Crippen LogP contribution in [0.1, 0.15) is 36.8 Å². The van der Waals surface area contributed by atoms with Gasteiger partial charge in [-0.2, -0.15) is 17.6 Å². The van der Waals surface area contributed by atoms with Crippen LogP contribution in [0.15, 0.2) is 30.6 Å². The van der Waals surface area contributed by atoms with Gasteiger partial charge in [-0.05, 0) is 43.4 Å². The van der Waals surface area contributed by atoms with Crippen LogP contribution in [0.5, 0.6) is 0 Å². The minimum Gasteiger partial charge on any atom is -0.465 e. The molecule has 0 atom stereocenters. The largest absolute Gasteiger partial charge is 0.465 e. The van der Waals surface area contributed by atoms with E-state index >= 15 is 4.39 Å². The second kappa shape index (κ2) is 9.24. The lowest BCUT2D eigenvalue weighted by Crippen LogP contribution is -2.55. The summed E-state index contributed by atoms with van der Waals surface area (Å²) < 4.78 is 53.9. The third-order valence-electron chi connectivity index (χ3n) is 6.30. The van der Waals surface area contributed by atoms with E-state index in [1.807, 2.05) is 0 Å². The number of halogens is 4. The van der Waals surface area contributed by atoms with Crippen molar-refractivity contribution in [2.24, 2.45) is 5.73 Å². The number of nitrogens with two attached hydrogens (primary N) is 1. The van der Waals surface area contributed by atoms with Crippen LogP contribution in [0.3, 0.4) is 0 Å². The van der Waals surface area contributed by atoms with E-state index in [4.69, 9.17) is 10.8 Å². The van der Waals surface area contributed by atoms with Gasteiger partial charge in [0.1, 0.15) is 6.33 Å². The number of benzene rings is 1. The first-order valence-electron chi connectivity index (χ1n) is 11.0. The molecule has 4 rings (SSSR count). The Kier molecular flexibility index (Phi) is 6.52. The summed E-state index contributed by atoms with van der Waals surface area (Å²) >= 11 is 0. The van der Waals surface area contributed by atoms with Crippen LogP contribution in [0.25, 0.3) is 0 Å². The van der Waals surface area contributed by atoms with Crippen LogP contribution in [0.4, 0.5) is 34.0 Å². The lowest BCUT2D eigenvalue weighted by Gasteiger charge is -2.38. The molecule has 34 heavy (non-hydrogen) atoms. The van der Waals surface area contributed by atoms with Crippen molar-refractivity contribution >= 4 is 17.7 Å². The zero-order valence-electron chi connectivity index (χ0n) is 18.4. The zero-order chi connectivity index (χ0) is 24.5. The highest BCUT2D eigenvalue weighted by Crippen LogP contribution is 2.35. The molecule has 2 heterocycles. The lowest BCUT2D eigenvalue weighted by atomic mass is 9.88. The van der Waals surface area contributed by atoms with E-state index in [2.05, 4.69) is 15.3 Å². The topological polar surface area (TPSA) is 108 Å². The van der Waals surface area contributed by atoms with E-state index < -0.39 is 29.2 Å². The summed E-state index contributed by atoms with van der Waals surface area (Å²) in [5, 5.41) is 12.0. The van der Waals surface area contributed by atoms with Crippen molar-refractivity contribution in [3.63, 3.8) is 0 Å². The minimum atomic E-state index is -4.42. The molecule has 1 aliphatic heterocycles. The molecule has 184 valence electrons. The molecule has 1 amide bonds. The number of piperidine rings is 1. The van der Waals surface area contributed by atoms with E-state index in [9.17, 15) is 18.0 Å². The van der Waals surface area contributed by atoms with Gasteiger partial charge in [-0.15, -0.1) is 0 Å². The van der Waals surface area contributed by atoms with Crippen molar-refractivity contribution in [1.29, 1.82) is 0 Å².